The first-order chi connectivity index (χ1) is 14.5. The molecule has 0 fully saturated rings. The number of primary sulfonamides is 1. The molecule has 3 aromatic carbocycles. The van der Waals surface area contributed by atoms with Crippen LogP contribution in [0.25, 0.3) is 0 Å². The molecule has 0 aliphatic heterocycles. The molecule has 3 rings (SSSR count). The molecule has 0 atom stereocenters. The van der Waals surface area contributed by atoms with Gasteiger partial charge in [0.25, 0.3) is 15.9 Å². The molecule has 0 saturated heterocycles. The Morgan fingerprint density at radius 1 is 0.774 bits per heavy atom. The Hall–Kier alpha value is -2.63. The average molecular weight is 500 g/mol. The molecule has 0 saturated carbocycles. The fraction of sp³-hybridized carbons (Fsp3) is 0. The smallest absolute Gasteiger partial charge is 0.261 e. The third-order valence-corrected chi connectivity index (χ3v) is 6.91. The van der Waals surface area contributed by atoms with Crippen LogP contribution in [-0.2, 0) is 20.0 Å². The van der Waals surface area contributed by atoms with Gasteiger partial charge in [-0.3, -0.25) is 9.52 Å². The molecule has 162 valence electrons. The normalized spacial score (nSPS) is 11.7. The summed E-state index contributed by atoms with van der Waals surface area (Å²) < 4.78 is 50.0. The van der Waals surface area contributed by atoms with Gasteiger partial charge < -0.3 is 5.32 Å². The average Bonchev–Trinajstić information content (AvgIpc) is 2.67. The Morgan fingerprint density at radius 2 is 1.32 bits per heavy atom. The molecule has 0 radical (unpaired) electrons. The van der Waals surface area contributed by atoms with Crippen molar-refractivity contribution in [3.63, 3.8) is 0 Å². The number of halogens is 2. The van der Waals surface area contributed by atoms with Crippen LogP contribution in [0.4, 0.5) is 11.4 Å². The zero-order valence-electron chi connectivity index (χ0n) is 15.5. The summed E-state index contributed by atoms with van der Waals surface area (Å²) in [5, 5.41) is 8.21. The van der Waals surface area contributed by atoms with Crippen LogP contribution >= 0.6 is 23.2 Å². The molecule has 0 aliphatic carbocycles. The van der Waals surface area contributed by atoms with Crippen molar-refractivity contribution in [1.29, 1.82) is 0 Å². The van der Waals surface area contributed by atoms with Gasteiger partial charge in [-0.05, 0) is 66.7 Å². The molecule has 4 N–H and O–H groups in total. The highest BCUT2D eigenvalue weighted by atomic mass is 35.5. The minimum atomic E-state index is -3.95. The summed E-state index contributed by atoms with van der Waals surface area (Å²) in [7, 11) is -7.83. The fourth-order valence-electron chi connectivity index (χ4n) is 2.52. The third-order valence-electron chi connectivity index (χ3n) is 4.03. The van der Waals surface area contributed by atoms with Crippen LogP contribution in [0.1, 0.15) is 10.4 Å². The van der Waals surface area contributed by atoms with E-state index < -0.39 is 26.0 Å². The highest BCUT2D eigenvalue weighted by Crippen LogP contribution is 2.23. The van der Waals surface area contributed by atoms with E-state index in [0.29, 0.717) is 10.7 Å². The number of nitrogens with two attached hydrogens (primary N) is 1. The van der Waals surface area contributed by atoms with Crippen LogP contribution in [0.2, 0.25) is 10.0 Å². The van der Waals surface area contributed by atoms with Crippen molar-refractivity contribution in [2.45, 2.75) is 9.79 Å². The summed E-state index contributed by atoms with van der Waals surface area (Å²) in [5.41, 5.74) is 0.724. The van der Waals surface area contributed by atoms with Gasteiger partial charge in [0, 0.05) is 16.4 Å². The predicted molar refractivity (Wildman–Crippen MR) is 119 cm³/mol. The topological polar surface area (TPSA) is 135 Å². The molecule has 8 nitrogen and oxygen atoms in total. The molecule has 1 amide bonds. The quantitative estimate of drug-likeness (QED) is 0.474. The first-order valence-corrected chi connectivity index (χ1v) is 12.3. The minimum Gasteiger partial charge on any atom is -0.322 e. The van der Waals surface area contributed by atoms with E-state index in [9.17, 15) is 21.6 Å². The summed E-state index contributed by atoms with van der Waals surface area (Å²) in [6.07, 6.45) is 0. The van der Waals surface area contributed by atoms with E-state index in [0.717, 1.165) is 0 Å². The van der Waals surface area contributed by atoms with Crippen molar-refractivity contribution in [2.24, 2.45) is 5.14 Å². The van der Waals surface area contributed by atoms with E-state index in [1.54, 1.807) is 0 Å². The zero-order valence-corrected chi connectivity index (χ0v) is 18.7. The molecule has 0 spiro atoms. The SMILES string of the molecule is NS(=O)(=O)c1ccc(NS(=O)(=O)c2ccc(NC(=O)c3ccc(Cl)cc3Cl)cc2)cc1. The van der Waals surface area contributed by atoms with Gasteiger partial charge >= 0.3 is 0 Å². The lowest BCUT2D eigenvalue weighted by atomic mass is 10.2. The van der Waals surface area contributed by atoms with E-state index in [-0.39, 0.29) is 26.1 Å². The van der Waals surface area contributed by atoms with Gasteiger partial charge in [0.15, 0.2) is 0 Å². The second kappa shape index (κ2) is 8.85. The monoisotopic (exact) mass is 499 g/mol. The van der Waals surface area contributed by atoms with Crippen LogP contribution in [0.5, 0.6) is 0 Å². The summed E-state index contributed by atoms with van der Waals surface area (Å²) in [6, 6.07) is 14.8. The largest absolute Gasteiger partial charge is 0.322 e. The first kappa shape index (κ1) is 23.0. The van der Waals surface area contributed by atoms with Gasteiger partial charge in [0.1, 0.15) is 0 Å². The number of rotatable bonds is 6. The maximum Gasteiger partial charge on any atom is 0.261 e. The maximum absolute atomic E-state index is 12.5. The second-order valence-corrected chi connectivity index (χ2v) is 10.4. The molecule has 0 aromatic heterocycles. The van der Waals surface area contributed by atoms with E-state index in [4.69, 9.17) is 28.3 Å². The van der Waals surface area contributed by atoms with Gasteiger partial charge in [0.05, 0.1) is 20.4 Å². The number of benzene rings is 3. The molecule has 0 unspecified atom stereocenters. The van der Waals surface area contributed by atoms with Gasteiger partial charge in [-0.2, -0.15) is 0 Å². The Morgan fingerprint density at radius 3 is 1.87 bits per heavy atom. The van der Waals surface area contributed by atoms with E-state index >= 15 is 0 Å². The van der Waals surface area contributed by atoms with Crippen LogP contribution in [0, 0.1) is 0 Å². The van der Waals surface area contributed by atoms with E-state index in [2.05, 4.69) is 10.0 Å². The van der Waals surface area contributed by atoms with Gasteiger partial charge in [-0.25, -0.2) is 22.0 Å². The first-order valence-electron chi connectivity index (χ1n) is 8.48. The lowest BCUT2D eigenvalue weighted by Gasteiger charge is -2.10. The summed E-state index contributed by atoms with van der Waals surface area (Å²) in [4.78, 5) is 12.1. The lowest BCUT2D eigenvalue weighted by Crippen LogP contribution is -2.15. The van der Waals surface area contributed by atoms with Gasteiger partial charge in [-0.15, -0.1) is 0 Å². The number of anilines is 2. The highest BCUT2D eigenvalue weighted by Gasteiger charge is 2.16. The molecule has 0 aliphatic rings. The number of sulfonamides is 2. The van der Waals surface area contributed by atoms with Gasteiger partial charge in [0.2, 0.25) is 10.0 Å². The highest BCUT2D eigenvalue weighted by molar-refractivity contribution is 7.92. The Kier molecular flexibility index (Phi) is 6.58. The van der Waals surface area contributed by atoms with Crippen LogP contribution in [-0.4, -0.2) is 22.7 Å². The van der Waals surface area contributed by atoms with Crippen LogP contribution in [0.3, 0.4) is 0 Å². The predicted octanol–water partition coefficient (Wildman–Crippen LogP) is 3.69. The maximum atomic E-state index is 12.5. The Balaban J connectivity index is 1.73. The van der Waals surface area contributed by atoms with Crippen LogP contribution in [0.15, 0.2) is 76.5 Å². The molecule has 0 heterocycles. The number of amides is 1. The molecule has 3 aromatic rings. The number of carbonyl (C=O) groups is 1. The van der Waals surface area contributed by atoms with E-state index in [1.807, 2.05) is 0 Å². The molecule has 0 bridgehead atoms. The van der Waals surface area contributed by atoms with Crippen molar-refractivity contribution in [3.8, 4) is 0 Å². The Labute approximate surface area is 189 Å². The zero-order chi connectivity index (χ0) is 22.8. The number of nitrogens with one attached hydrogen (secondary N) is 2. The van der Waals surface area contributed by atoms with Crippen molar-refractivity contribution in [3.05, 3.63) is 82.3 Å². The van der Waals surface area contributed by atoms with Crippen molar-refractivity contribution in [2.75, 3.05) is 10.0 Å². The molecular weight excluding hydrogens is 485 g/mol. The molecule has 31 heavy (non-hydrogen) atoms. The van der Waals surface area contributed by atoms with Crippen molar-refractivity contribution in [1.82, 2.24) is 0 Å². The fourth-order valence-corrected chi connectivity index (χ4v) is 4.58. The minimum absolute atomic E-state index is 0.0643. The Bertz CT molecular complexity index is 1340. The third kappa shape index (κ3) is 5.75. The second-order valence-electron chi connectivity index (χ2n) is 6.28. The number of carbonyl (C=O) groups excluding carboxylic acids is 1. The number of hydrogen-bond donors (Lipinski definition) is 3. The van der Waals surface area contributed by atoms with Gasteiger partial charge in [-0.1, -0.05) is 23.2 Å². The van der Waals surface area contributed by atoms with Crippen molar-refractivity contribution < 1.29 is 21.6 Å². The van der Waals surface area contributed by atoms with Crippen LogP contribution < -0.4 is 15.2 Å². The molecular formula is C19H15Cl2N3O5S2. The van der Waals surface area contributed by atoms with E-state index in [1.165, 1.54) is 66.7 Å². The summed E-state index contributed by atoms with van der Waals surface area (Å²) >= 11 is 11.8. The lowest BCUT2D eigenvalue weighted by molar-refractivity contribution is 0.102. The summed E-state index contributed by atoms with van der Waals surface area (Å²) in [5.74, 6) is -0.481. The standard InChI is InChI=1S/C19H15Cl2N3O5S2/c20-12-1-10-17(18(21)11-12)19(25)23-13-2-8-16(9-3-13)31(28,29)24-14-4-6-15(7-5-14)30(22,26)27/h1-11,24H,(H,23,25)(H2,22,26,27). The molecule has 12 heteroatoms. The van der Waals surface area contributed by atoms with Crippen molar-refractivity contribution >= 4 is 60.5 Å². The number of hydrogen-bond acceptors (Lipinski definition) is 5. The summed E-state index contributed by atoms with van der Waals surface area (Å²) in [6.45, 7) is 0.